The Morgan fingerprint density at radius 3 is 2.52 bits per heavy atom. The largest absolute Gasteiger partial charge is 0.496 e. The number of anilines is 1. The zero-order chi connectivity index (χ0) is 20.4. The van der Waals surface area contributed by atoms with Gasteiger partial charge < -0.3 is 14.4 Å². The van der Waals surface area contributed by atoms with Gasteiger partial charge in [0, 0.05) is 18.8 Å². The number of rotatable bonds is 5. The molecule has 0 aliphatic carbocycles. The van der Waals surface area contributed by atoms with Crippen LogP contribution in [-0.2, 0) is 0 Å². The van der Waals surface area contributed by atoms with Crippen LogP contribution in [0.25, 0.3) is 12.2 Å². The molecule has 4 heteroatoms. The minimum atomic E-state index is -0.469. The standard InChI is InChI=1S/C25H27NO3/c1-25(2)15-14-21-23(28-3)13-11-20(24(21)29-25)22(27)12-8-18-6-9-19(10-7-18)26-16-4-5-17-26/h6-15H,4-5,16-17H2,1-3H3/b12-8+. The van der Waals surface area contributed by atoms with Gasteiger partial charge in [0.2, 0.25) is 0 Å². The number of carbonyl (C=O) groups is 1. The number of hydrogen-bond acceptors (Lipinski definition) is 4. The predicted octanol–water partition coefficient (Wildman–Crippen LogP) is 5.38. The third kappa shape index (κ3) is 4.07. The van der Waals surface area contributed by atoms with Gasteiger partial charge in [0.05, 0.1) is 18.2 Å². The summed E-state index contributed by atoms with van der Waals surface area (Å²) < 4.78 is 11.5. The molecule has 0 saturated carbocycles. The fraction of sp³-hybridized carbons (Fsp3) is 0.320. The van der Waals surface area contributed by atoms with Crippen LogP contribution in [0.4, 0.5) is 5.69 Å². The lowest BCUT2D eigenvalue weighted by Crippen LogP contribution is -2.28. The van der Waals surface area contributed by atoms with Crippen LogP contribution in [0.3, 0.4) is 0 Å². The van der Waals surface area contributed by atoms with Crippen LogP contribution in [0.1, 0.15) is 48.2 Å². The Balaban J connectivity index is 1.56. The smallest absolute Gasteiger partial charge is 0.189 e. The number of hydrogen-bond donors (Lipinski definition) is 0. The van der Waals surface area contributed by atoms with Gasteiger partial charge in [-0.3, -0.25) is 4.79 Å². The first-order valence-electron chi connectivity index (χ1n) is 10.1. The maximum atomic E-state index is 12.9. The zero-order valence-corrected chi connectivity index (χ0v) is 17.3. The molecule has 1 fully saturated rings. The maximum absolute atomic E-state index is 12.9. The van der Waals surface area contributed by atoms with Crippen LogP contribution in [0.2, 0.25) is 0 Å². The van der Waals surface area contributed by atoms with Gasteiger partial charge in [0.25, 0.3) is 0 Å². The van der Waals surface area contributed by atoms with E-state index in [9.17, 15) is 4.79 Å². The summed E-state index contributed by atoms with van der Waals surface area (Å²) in [4.78, 5) is 15.3. The van der Waals surface area contributed by atoms with Crippen LogP contribution in [0.5, 0.6) is 11.5 Å². The summed E-state index contributed by atoms with van der Waals surface area (Å²) in [7, 11) is 1.62. The predicted molar refractivity (Wildman–Crippen MR) is 118 cm³/mol. The molecule has 4 rings (SSSR count). The number of methoxy groups -OCH3 is 1. The van der Waals surface area contributed by atoms with Gasteiger partial charge in [0.1, 0.15) is 17.1 Å². The Kier molecular flexibility index (Phi) is 5.18. The Bertz CT molecular complexity index is 964. The summed E-state index contributed by atoms with van der Waals surface area (Å²) >= 11 is 0. The first-order chi connectivity index (χ1) is 14.0. The topological polar surface area (TPSA) is 38.8 Å². The van der Waals surface area contributed by atoms with Gasteiger partial charge in [0.15, 0.2) is 5.78 Å². The number of nitrogens with zero attached hydrogens (tertiary/aromatic N) is 1. The molecule has 0 bridgehead atoms. The molecule has 4 nitrogen and oxygen atoms in total. The maximum Gasteiger partial charge on any atom is 0.189 e. The van der Waals surface area contributed by atoms with Crippen molar-refractivity contribution in [1.29, 1.82) is 0 Å². The molecule has 0 amide bonds. The molecule has 0 aromatic heterocycles. The molecule has 2 aromatic carbocycles. The average molecular weight is 389 g/mol. The lowest BCUT2D eigenvalue weighted by Gasteiger charge is -2.29. The molecule has 0 spiro atoms. The van der Waals surface area contributed by atoms with Crippen molar-refractivity contribution < 1.29 is 14.3 Å². The van der Waals surface area contributed by atoms with Crippen molar-refractivity contribution in [3.8, 4) is 11.5 Å². The summed E-state index contributed by atoms with van der Waals surface area (Å²) in [6.07, 6.45) is 9.93. The number of fused-ring (bicyclic) bond motifs is 1. The second-order valence-corrected chi connectivity index (χ2v) is 8.08. The zero-order valence-electron chi connectivity index (χ0n) is 17.3. The van der Waals surface area contributed by atoms with Crippen LogP contribution < -0.4 is 14.4 Å². The van der Waals surface area contributed by atoms with E-state index in [1.54, 1.807) is 19.3 Å². The molecule has 2 aliphatic rings. The van der Waals surface area contributed by atoms with Crippen molar-refractivity contribution in [2.75, 3.05) is 25.1 Å². The number of ether oxygens (including phenoxy) is 2. The monoisotopic (exact) mass is 389 g/mol. The van der Waals surface area contributed by atoms with Crippen molar-refractivity contribution in [2.45, 2.75) is 32.3 Å². The van der Waals surface area contributed by atoms with Crippen molar-refractivity contribution in [1.82, 2.24) is 0 Å². The van der Waals surface area contributed by atoms with Gasteiger partial charge in [-0.15, -0.1) is 0 Å². The third-order valence-electron chi connectivity index (χ3n) is 5.45. The normalized spacial score (nSPS) is 17.3. The average Bonchev–Trinajstić information content (AvgIpc) is 3.25. The quantitative estimate of drug-likeness (QED) is 0.509. The lowest BCUT2D eigenvalue weighted by atomic mass is 9.97. The molecule has 150 valence electrons. The summed E-state index contributed by atoms with van der Waals surface area (Å²) in [5.41, 5.74) is 3.13. The van der Waals surface area contributed by atoms with Crippen LogP contribution in [0.15, 0.2) is 48.6 Å². The molecule has 1 saturated heterocycles. The highest BCUT2D eigenvalue weighted by atomic mass is 16.5. The van der Waals surface area contributed by atoms with Crippen LogP contribution in [0, 0.1) is 0 Å². The van der Waals surface area contributed by atoms with Gasteiger partial charge in [-0.2, -0.15) is 0 Å². The van der Waals surface area contributed by atoms with Crippen LogP contribution >= 0.6 is 0 Å². The minimum Gasteiger partial charge on any atom is -0.496 e. The molecule has 2 heterocycles. The van der Waals surface area contributed by atoms with Crippen molar-refractivity contribution in [3.05, 3.63) is 65.2 Å². The van der Waals surface area contributed by atoms with E-state index in [0.29, 0.717) is 17.1 Å². The Morgan fingerprint density at radius 1 is 1.10 bits per heavy atom. The molecule has 2 aliphatic heterocycles. The number of ketones is 1. The van der Waals surface area contributed by atoms with Gasteiger partial charge in [-0.05, 0) is 74.7 Å². The number of carbonyl (C=O) groups excluding carboxylic acids is 1. The third-order valence-corrected chi connectivity index (χ3v) is 5.45. The van der Waals surface area contributed by atoms with E-state index < -0.39 is 5.60 Å². The van der Waals surface area contributed by atoms with Crippen molar-refractivity contribution >= 4 is 23.6 Å². The van der Waals surface area contributed by atoms with E-state index in [2.05, 4.69) is 29.2 Å². The van der Waals surface area contributed by atoms with E-state index in [-0.39, 0.29) is 5.78 Å². The lowest BCUT2D eigenvalue weighted by molar-refractivity contribution is 0.103. The minimum absolute atomic E-state index is 0.0846. The molecule has 0 radical (unpaired) electrons. The molecule has 29 heavy (non-hydrogen) atoms. The Morgan fingerprint density at radius 2 is 1.83 bits per heavy atom. The first-order valence-corrected chi connectivity index (χ1v) is 10.1. The Hall–Kier alpha value is -3.01. The first kappa shape index (κ1) is 19.3. The van der Waals surface area contributed by atoms with E-state index in [0.717, 1.165) is 24.2 Å². The van der Waals surface area contributed by atoms with E-state index in [1.165, 1.54) is 18.5 Å². The van der Waals surface area contributed by atoms with Crippen molar-refractivity contribution in [2.24, 2.45) is 0 Å². The number of benzene rings is 2. The molecular weight excluding hydrogens is 362 g/mol. The van der Waals surface area contributed by atoms with E-state index >= 15 is 0 Å². The second-order valence-electron chi connectivity index (χ2n) is 8.08. The van der Waals surface area contributed by atoms with Crippen LogP contribution in [-0.4, -0.2) is 31.6 Å². The molecule has 2 aromatic rings. The summed E-state index contributed by atoms with van der Waals surface area (Å²) in [5, 5.41) is 0. The fourth-order valence-corrected chi connectivity index (χ4v) is 3.84. The summed E-state index contributed by atoms with van der Waals surface area (Å²) in [6.45, 7) is 6.19. The SMILES string of the molecule is COc1ccc(C(=O)/C=C/c2ccc(N3CCCC3)cc2)c2c1C=CC(C)(C)O2. The highest BCUT2D eigenvalue weighted by molar-refractivity contribution is 6.09. The van der Waals surface area contributed by atoms with E-state index in [4.69, 9.17) is 9.47 Å². The van der Waals surface area contributed by atoms with Crippen molar-refractivity contribution in [3.63, 3.8) is 0 Å². The fourth-order valence-electron chi connectivity index (χ4n) is 3.84. The number of allylic oxidation sites excluding steroid dienone is 1. The molecular formula is C25H27NO3. The summed E-state index contributed by atoms with van der Waals surface area (Å²) in [6, 6.07) is 12.0. The molecule has 0 N–H and O–H groups in total. The summed E-state index contributed by atoms with van der Waals surface area (Å²) in [5.74, 6) is 1.19. The highest BCUT2D eigenvalue weighted by Gasteiger charge is 2.27. The Labute approximate surface area is 172 Å². The van der Waals surface area contributed by atoms with Gasteiger partial charge >= 0.3 is 0 Å². The molecule has 0 atom stereocenters. The van der Waals surface area contributed by atoms with Gasteiger partial charge in [-0.1, -0.05) is 18.2 Å². The van der Waals surface area contributed by atoms with Gasteiger partial charge in [-0.25, -0.2) is 0 Å². The second kappa shape index (κ2) is 7.78. The molecule has 0 unspecified atom stereocenters. The highest BCUT2D eigenvalue weighted by Crippen LogP contribution is 2.40. The van der Waals surface area contributed by atoms with E-state index in [1.807, 2.05) is 38.1 Å².